The number of hydrogen-bond donors (Lipinski definition) is 2. The fraction of sp³-hybridized carbons (Fsp3) is 0.333. The SMILES string of the molecule is CCNCC(O)c1ccc(OC)c2ccccc12. The molecule has 0 heterocycles. The number of rotatable bonds is 5. The average Bonchev–Trinajstić information content (AvgIpc) is 2.43. The summed E-state index contributed by atoms with van der Waals surface area (Å²) in [7, 11) is 1.66. The lowest BCUT2D eigenvalue weighted by Gasteiger charge is -2.15. The molecule has 2 aromatic rings. The Kier molecular flexibility index (Phi) is 4.18. The summed E-state index contributed by atoms with van der Waals surface area (Å²) >= 11 is 0. The van der Waals surface area contributed by atoms with Gasteiger partial charge in [0.1, 0.15) is 5.75 Å². The molecular formula is C15H19NO2. The first-order valence-corrected chi connectivity index (χ1v) is 6.22. The lowest BCUT2D eigenvalue weighted by molar-refractivity contribution is 0.177. The quantitative estimate of drug-likeness (QED) is 0.850. The van der Waals surface area contributed by atoms with Gasteiger partial charge in [-0.1, -0.05) is 37.3 Å². The van der Waals surface area contributed by atoms with Crippen molar-refractivity contribution in [1.29, 1.82) is 0 Å². The monoisotopic (exact) mass is 245 g/mol. The summed E-state index contributed by atoms with van der Waals surface area (Å²) in [6.07, 6.45) is -0.499. The second-order valence-corrected chi connectivity index (χ2v) is 4.23. The fourth-order valence-corrected chi connectivity index (χ4v) is 2.15. The maximum atomic E-state index is 10.2. The topological polar surface area (TPSA) is 41.5 Å². The van der Waals surface area contributed by atoms with Crippen LogP contribution in [0.1, 0.15) is 18.6 Å². The van der Waals surface area contributed by atoms with E-state index in [4.69, 9.17) is 4.74 Å². The van der Waals surface area contributed by atoms with E-state index in [0.29, 0.717) is 6.54 Å². The van der Waals surface area contributed by atoms with E-state index in [-0.39, 0.29) is 0 Å². The maximum Gasteiger partial charge on any atom is 0.126 e. The minimum atomic E-state index is -0.499. The highest BCUT2D eigenvalue weighted by atomic mass is 16.5. The van der Waals surface area contributed by atoms with Crippen LogP contribution in [0.3, 0.4) is 0 Å². The minimum Gasteiger partial charge on any atom is -0.496 e. The smallest absolute Gasteiger partial charge is 0.126 e. The molecule has 96 valence electrons. The van der Waals surface area contributed by atoms with Crippen LogP contribution in [0.25, 0.3) is 10.8 Å². The Labute approximate surface area is 107 Å². The van der Waals surface area contributed by atoms with Gasteiger partial charge in [-0.25, -0.2) is 0 Å². The number of likely N-dealkylation sites (N-methyl/N-ethyl adjacent to an activating group) is 1. The lowest BCUT2D eigenvalue weighted by Crippen LogP contribution is -2.21. The van der Waals surface area contributed by atoms with Crippen molar-refractivity contribution >= 4 is 10.8 Å². The second kappa shape index (κ2) is 5.85. The Balaban J connectivity index is 2.45. The van der Waals surface area contributed by atoms with E-state index < -0.39 is 6.10 Å². The van der Waals surface area contributed by atoms with Crippen LogP contribution in [0.15, 0.2) is 36.4 Å². The van der Waals surface area contributed by atoms with Crippen molar-refractivity contribution in [1.82, 2.24) is 5.32 Å². The molecule has 0 saturated heterocycles. The molecule has 1 unspecified atom stereocenters. The van der Waals surface area contributed by atoms with Crippen LogP contribution in [0.2, 0.25) is 0 Å². The molecule has 2 aromatic carbocycles. The Hall–Kier alpha value is -1.58. The van der Waals surface area contributed by atoms with Gasteiger partial charge in [0.05, 0.1) is 13.2 Å². The molecule has 0 spiro atoms. The van der Waals surface area contributed by atoms with E-state index >= 15 is 0 Å². The summed E-state index contributed by atoms with van der Waals surface area (Å²) in [6, 6.07) is 11.8. The van der Waals surface area contributed by atoms with Crippen molar-refractivity contribution in [2.24, 2.45) is 0 Å². The van der Waals surface area contributed by atoms with E-state index in [1.165, 1.54) is 0 Å². The molecule has 0 aliphatic carbocycles. The Morgan fingerprint density at radius 1 is 1.17 bits per heavy atom. The second-order valence-electron chi connectivity index (χ2n) is 4.23. The predicted octanol–water partition coefficient (Wildman–Crippen LogP) is 2.49. The van der Waals surface area contributed by atoms with Crippen molar-refractivity contribution in [3.8, 4) is 5.75 Å². The summed E-state index contributed by atoms with van der Waals surface area (Å²) in [5.74, 6) is 0.838. The van der Waals surface area contributed by atoms with Gasteiger partial charge in [0.2, 0.25) is 0 Å². The van der Waals surface area contributed by atoms with Gasteiger partial charge >= 0.3 is 0 Å². The maximum absolute atomic E-state index is 10.2. The molecule has 0 saturated carbocycles. The van der Waals surface area contributed by atoms with Crippen LogP contribution >= 0.6 is 0 Å². The first kappa shape index (κ1) is 12.9. The zero-order valence-electron chi connectivity index (χ0n) is 10.8. The van der Waals surface area contributed by atoms with E-state index in [2.05, 4.69) is 5.32 Å². The molecule has 0 radical (unpaired) electrons. The van der Waals surface area contributed by atoms with Crippen molar-refractivity contribution in [3.05, 3.63) is 42.0 Å². The van der Waals surface area contributed by atoms with Gasteiger partial charge in [0.15, 0.2) is 0 Å². The zero-order valence-corrected chi connectivity index (χ0v) is 10.8. The molecule has 0 bridgehead atoms. The third kappa shape index (κ3) is 2.47. The summed E-state index contributed by atoms with van der Waals surface area (Å²) in [5, 5.41) is 15.4. The molecule has 0 amide bonds. The highest BCUT2D eigenvalue weighted by Crippen LogP contribution is 2.31. The third-order valence-electron chi connectivity index (χ3n) is 3.08. The van der Waals surface area contributed by atoms with Crippen molar-refractivity contribution in [2.75, 3.05) is 20.2 Å². The van der Waals surface area contributed by atoms with Gasteiger partial charge in [0.25, 0.3) is 0 Å². The number of benzene rings is 2. The fourth-order valence-electron chi connectivity index (χ4n) is 2.15. The van der Waals surface area contributed by atoms with Crippen molar-refractivity contribution < 1.29 is 9.84 Å². The third-order valence-corrected chi connectivity index (χ3v) is 3.08. The zero-order chi connectivity index (χ0) is 13.0. The number of hydrogen-bond acceptors (Lipinski definition) is 3. The van der Waals surface area contributed by atoms with Crippen LogP contribution in [-0.2, 0) is 0 Å². The van der Waals surface area contributed by atoms with Gasteiger partial charge in [-0.15, -0.1) is 0 Å². The first-order valence-electron chi connectivity index (χ1n) is 6.22. The number of methoxy groups -OCH3 is 1. The summed E-state index contributed by atoms with van der Waals surface area (Å²) < 4.78 is 5.35. The van der Waals surface area contributed by atoms with E-state index in [9.17, 15) is 5.11 Å². The molecule has 0 aromatic heterocycles. The number of fused-ring (bicyclic) bond motifs is 1. The molecule has 1 atom stereocenters. The van der Waals surface area contributed by atoms with Gasteiger partial charge in [-0.2, -0.15) is 0 Å². The van der Waals surface area contributed by atoms with Crippen molar-refractivity contribution in [2.45, 2.75) is 13.0 Å². The van der Waals surface area contributed by atoms with Gasteiger partial charge in [-0.05, 0) is 23.6 Å². The van der Waals surface area contributed by atoms with Crippen LogP contribution in [-0.4, -0.2) is 25.3 Å². The Morgan fingerprint density at radius 2 is 1.89 bits per heavy atom. The molecular weight excluding hydrogens is 226 g/mol. The predicted molar refractivity (Wildman–Crippen MR) is 74.0 cm³/mol. The van der Waals surface area contributed by atoms with E-state index in [1.54, 1.807) is 7.11 Å². The molecule has 0 fully saturated rings. The van der Waals surface area contributed by atoms with Gasteiger partial charge in [-0.3, -0.25) is 0 Å². The number of ether oxygens (including phenoxy) is 1. The molecule has 18 heavy (non-hydrogen) atoms. The first-order chi connectivity index (χ1) is 8.77. The largest absolute Gasteiger partial charge is 0.496 e. The minimum absolute atomic E-state index is 0.499. The lowest BCUT2D eigenvalue weighted by atomic mass is 9.99. The molecule has 3 nitrogen and oxygen atoms in total. The van der Waals surface area contributed by atoms with Gasteiger partial charge < -0.3 is 15.2 Å². The number of aliphatic hydroxyl groups excluding tert-OH is 1. The summed E-state index contributed by atoms with van der Waals surface area (Å²) in [5.41, 5.74) is 0.937. The summed E-state index contributed by atoms with van der Waals surface area (Å²) in [6.45, 7) is 3.44. The average molecular weight is 245 g/mol. The number of aliphatic hydroxyl groups is 1. The molecule has 0 aliphatic rings. The standard InChI is InChI=1S/C15H19NO2/c1-3-16-10-14(17)12-8-9-15(18-2)13-7-5-4-6-11(12)13/h4-9,14,16-17H,3,10H2,1-2H3. The van der Waals surface area contributed by atoms with Crippen LogP contribution in [0.4, 0.5) is 0 Å². The van der Waals surface area contributed by atoms with Gasteiger partial charge in [0, 0.05) is 11.9 Å². The highest BCUT2D eigenvalue weighted by molar-refractivity contribution is 5.91. The summed E-state index contributed by atoms with van der Waals surface area (Å²) in [4.78, 5) is 0. The van der Waals surface area contributed by atoms with Crippen molar-refractivity contribution in [3.63, 3.8) is 0 Å². The molecule has 0 aliphatic heterocycles. The van der Waals surface area contributed by atoms with Crippen LogP contribution < -0.4 is 10.1 Å². The Bertz CT molecular complexity index is 525. The van der Waals surface area contributed by atoms with Crippen LogP contribution in [0.5, 0.6) is 5.75 Å². The highest BCUT2D eigenvalue weighted by Gasteiger charge is 2.12. The van der Waals surface area contributed by atoms with E-state index in [1.807, 2.05) is 43.3 Å². The molecule has 3 heteroatoms. The number of nitrogens with one attached hydrogen (secondary N) is 1. The normalized spacial score (nSPS) is 12.6. The molecule has 2 N–H and O–H groups in total. The van der Waals surface area contributed by atoms with E-state index in [0.717, 1.165) is 28.6 Å². The van der Waals surface area contributed by atoms with Crippen LogP contribution in [0, 0.1) is 0 Å². The molecule has 2 rings (SSSR count). The Morgan fingerprint density at radius 3 is 2.56 bits per heavy atom.